The second-order valence-electron chi connectivity index (χ2n) is 7.65. The fourth-order valence-corrected chi connectivity index (χ4v) is 5.44. The molecule has 2 fully saturated rings. The Hall–Kier alpha value is -0.0800. The molecule has 0 unspecified atom stereocenters. The van der Waals surface area contributed by atoms with Crippen molar-refractivity contribution in [3.05, 3.63) is 0 Å². The van der Waals surface area contributed by atoms with Gasteiger partial charge in [-0.1, -0.05) is 40.5 Å². The molecule has 0 spiro atoms. The van der Waals surface area contributed by atoms with E-state index in [1.807, 2.05) is 0 Å². The number of hydrogen-bond acceptors (Lipinski definition) is 2. The fourth-order valence-electron chi connectivity index (χ4n) is 5.44. The van der Waals surface area contributed by atoms with Crippen molar-refractivity contribution in [2.45, 2.75) is 66.2 Å². The maximum atomic E-state index is 2.78. The molecule has 0 aromatic heterocycles. The van der Waals surface area contributed by atoms with Gasteiger partial charge in [0, 0.05) is 26.2 Å². The third-order valence-electron chi connectivity index (χ3n) is 6.05. The Morgan fingerprint density at radius 1 is 0.667 bits per heavy atom. The molecule has 124 valence electrons. The molecule has 2 aliphatic heterocycles. The normalized spacial score (nSPS) is 29.7. The van der Waals surface area contributed by atoms with E-state index < -0.39 is 0 Å². The van der Waals surface area contributed by atoms with Crippen molar-refractivity contribution in [1.82, 2.24) is 9.80 Å². The summed E-state index contributed by atoms with van der Waals surface area (Å²) in [5, 5.41) is 0. The molecule has 0 aromatic carbocycles. The zero-order chi connectivity index (χ0) is 15.3. The predicted molar refractivity (Wildman–Crippen MR) is 92.7 cm³/mol. The molecule has 2 aliphatic rings. The molecular formula is C19H38N2. The van der Waals surface area contributed by atoms with Crippen LogP contribution in [0.4, 0.5) is 0 Å². The maximum absolute atomic E-state index is 2.78. The summed E-state index contributed by atoms with van der Waals surface area (Å²) >= 11 is 0. The van der Waals surface area contributed by atoms with Gasteiger partial charge in [-0.3, -0.25) is 0 Å². The summed E-state index contributed by atoms with van der Waals surface area (Å²) in [6.45, 7) is 17.6. The zero-order valence-electron chi connectivity index (χ0n) is 15.0. The summed E-state index contributed by atoms with van der Waals surface area (Å²) in [4.78, 5) is 5.56. The van der Waals surface area contributed by atoms with Gasteiger partial charge in [0.2, 0.25) is 0 Å². The number of hydrogen-bond donors (Lipinski definition) is 0. The largest absolute Gasteiger partial charge is 0.303 e. The Labute approximate surface area is 133 Å². The van der Waals surface area contributed by atoms with Gasteiger partial charge in [-0.25, -0.2) is 0 Å². The molecule has 21 heavy (non-hydrogen) atoms. The first-order chi connectivity index (χ1) is 10.2. The van der Waals surface area contributed by atoms with E-state index in [4.69, 9.17) is 0 Å². The number of nitrogens with zero attached hydrogens (tertiary/aromatic N) is 2. The molecule has 0 amide bonds. The summed E-state index contributed by atoms with van der Waals surface area (Å²) in [5.41, 5.74) is 0.665. The van der Waals surface area contributed by atoms with Crippen molar-refractivity contribution in [2.75, 3.05) is 39.3 Å². The fraction of sp³-hybridized carbons (Fsp3) is 1.00. The van der Waals surface area contributed by atoms with Gasteiger partial charge in [0.05, 0.1) is 0 Å². The van der Waals surface area contributed by atoms with Crippen LogP contribution >= 0.6 is 0 Å². The van der Waals surface area contributed by atoms with E-state index in [2.05, 4.69) is 37.5 Å². The van der Waals surface area contributed by atoms with Crippen LogP contribution in [0.1, 0.15) is 66.2 Å². The van der Waals surface area contributed by atoms with Crippen molar-refractivity contribution in [2.24, 2.45) is 17.3 Å². The minimum Gasteiger partial charge on any atom is -0.303 e. The number of likely N-dealkylation sites (tertiary alicyclic amines) is 2. The second kappa shape index (κ2) is 7.97. The molecule has 2 bridgehead atoms. The van der Waals surface area contributed by atoms with Crippen LogP contribution in [0.2, 0.25) is 0 Å². The first-order valence-electron chi connectivity index (χ1n) is 9.64. The first kappa shape index (κ1) is 17.3. The van der Waals surface area contributed by atoms with Crippen LogP contribution < -0.4 is 0 Å². The minimum atomic E-state index is 0.665. The smallest absolute Gasteiger partial charge is 0.00275 e. The van der Waals surface area contributed by atoms with E-state index in [1.165, 1.54) is 77.8 Å². The van der Waals surface area contributed by atoms with E-state index in [1.54, 1.807) is 0 Å². The highest BCUT2D eigenvalue weighted by atomic mass is 15.2. The first-order valence-corrected chi connectivity index (χ1v) is 9.64. The Balaban J connectivity index is 2.17. The summed E-state index contributed by atoms with van der Waals surface area (Å²) in [5.74, 6) is 1.84. The molecule has 0 radical (unpaired) electrons. The van der Waals surface area contributed by atoms with Gasteiger partial charge in [-0.05, 0) is 56.0 Å². The van der Waals surface area contributed by atoms with Gasteiger partial charge < -0.3 is 9.80 Å². The van der Waals surface area contributed by atoms with E-state index in [9.17, 15) is 0 Å². The van der Waals surface area contributed by atoms with E-state index in [0.717, 1.165) is 11.8 Å². The Kier molecular flexibility index (Phi) is 6.55. The van der Waals surface area contributed by atoms with E-state index in [-0.39, 0.29) is 0 Å². The standard InChI is InChI=1S/C19H38N2/c1-5-9-19(10-6-2)17-13-20(11-7-3)14-18(19)16-21(15-17)12-8-4/h17-18H,5-16H2,1-4H3. The van der Waals surface area contributed by atoms with Crippen LogP contribution in [0.5, 0.6) is 0 Å². The molecule has 2 rings (SSSR count). The third kappa shape index (κ3) is 3.64. The van der Waals surface area contributed by atoms with Gasteiger partial charge in [-0.2, -0.15) is 0 Å². The van der Waals surface area contributed by atoms with Crippen molar-refractivity contribution in [3.8, 4) is 0 Å². The lowest BCUT2D eigenvalue weighted by atomic mass is 9.57. The van der Waals surface area contributed by atoms with Gasteiger partial charge in [0.15, 0.2) is 0 Å². The SMILES string of the molecule is CCCN1CC2CN(CCC)CC(C1)C2(CCC)CCC. The number of fused-ring (bicyclic) bond motifs is 2. The van der Waals surface area contributed by atoms with Crippen molar-refractivity contribution < 1.29 is 0 Å². The quantitative estimate of drug-likeness (QED) is 0.660. The Morgan fingerprint density at radius 3 is 1.33 bits per heavy atom. The van der Waals surface area contributed by atoms with Gasteiger partial charge >= 0.3 is 0 Å². The number of rotatable bonds is 8. The highest BCUT2D eigenvalue weighted by Crippen LogP contribution is 2.51. The van der Waals surface area contributed by atoms with Crippen LogP contribution in [-0.4, -0.2) is 49.1 Å². The molecular weight excluding hydrogens is 256 g/mol. The molecule has 2 nitrogen and oxygen atoms in total. The maximum Gasteiger partial charge on any atom is 0.00275 e. The van der Waals surface area contributed by atoms with Crippen LogP contribution in [0.3, 0.4) is 0 Å². The van der Waals surface area contributed by atoms with Crippen molar-refractivity contribution >= 4 is 0 Å². The summed E-state index contributed by atoms with van der Waals surface area (Å²) in [6, 6.07) is 0. The summed E-state index contributed by atoms with van der Waals surface area (Å²) in [7, 11) is 0. The number of piperidine rings is 2. The van der Waals surface area contributed by atoms with Crippen molar-refractivity contribution in [3.63, 3.8) is 0 Å². The molecule has 0 saturated carbocycles. The lowest BCUT2D eigenvalue weighted by Crippen LogP contribution is -2.63. The lowest BCUT2D eigenvalue weighted by molar-refractivity contribution is -0.102. The third-order valence-corrected chi connectivity index (χ3v) is 6.05. The summed E-state index contributed by atoms with van der Waals surface area (Å²) < 4.78 is 0. The Morgan fingerprint density at radius 2 is 1.05 bits per heavy atom. The summed E-state index contributed by atoms with van der Waals surface area (Å²) in [6.07, 6.45) is 8.30. The van der Waals surface area contributed by atoms with Gasteiger partial charge in [0.25, 0.3) is 0 Å². The highest BCUT2D eigenvalue weighted by molar-refractivity contribution is 5.03. The van der Waals surface area contributed by atoms with Crippen LogP contribution in [0.15, 0.2) is 0 Å². The van der Waals surface area contributed by atoms with E-state index >= 15 is 0 Å². The predicted octanol–water partition coefficient (Wildman–Crippen LogP) is 4.26. The molecule has 0 N–H and O–H groups in total. The monoisotopic (exact) mass is 294 g/mol. The van der Waals surface area contributed by atoms with Gasteiger partial charge in [0.1, 0.15) is 0 Å². The highest BCUT2D eigenvalue weighted by Gasteiger charge is 2.51. The second-order valence-corrected chi connectivity index (χ2v) is 7.65. The van der Waals surface area contributed by atoms with E-state index in [0.29, 0.717) is 5.41 Å². The van der Waals surface area contributed by atoms with Crippen LogP contribution in [0, 0.1) is 17.3 Å². The molecule has 0 aliphatic carbocycles. The van der Waals surface area contributed by atoms with Crippen molar-refractivity contribution in [1.29, 1.82) is 0 Å². The molecule has 0 aromatic rings. The molecule has 2 heterocycles. The average Bonchev–Trinajstić information content (AvgIpc) is 2.42. The van der Waals surface area contributed by atoms with Gasteiger partial charge in [-0.15, -0.1) is 0 Å². The van der Waals surface area contributed by atoms with Crippen LogP contribution in [0.25, 0.3) is 0 Å². The zero-order valence-corrected chi connectivity index (χ0v) is 15.0. The molecule has 0 atom stereocenters. The average molecular weight is 295 g/mol. The molecule has 2 heteroatoms. The molecule has 2 saturated heterocycles. The minimum absolute atomic E-state index is 0.665. The lowest BCUT2D eigenvalue weighted by Gasteiger charge is -2.59. The van der Waals surface area contributed by atoms with Crippen LogP contribution in [-0.2, 0) is 0 Å². The Bertz CT molecular complexity index is 260. The topological polar surface area (TPSA) is 6.48 Å².